The number of benzene rings is 2. The van der Waals surface area contributed by atoms with Gasteiger partial charge in [-0.05, 0) is 42.4 Å². The largest absolute Gasteiger partial charge is 0.459 e. The van der Waals surface area contributed by atoms with Gasteiger partial charge in [0.25, 0.3) is 0 Å². The molecule has 0 aliphatic carbocycles. The Kier molecular flexibility index (Phi) is 4.20. The highest BCUT2D eigenvalue weighted by Gasteiger charge is 2.20. The monoisotopic (exact) mass is 319 g/mol. The average Bonchev–Trinajstić information content (AvgIpc) is 2.91. The second-order valence-electron chi connectivity index (χ2n) is 4.84. The summed E-state index contributed by atoms with van der Waals surface area (Å²) in [5, 5.41) is 5.82. The summed E-state index contributed by atoms with van der Waals surface area (Å²) in [6.07, 6.45) is 0. The van der Waals surface area contributed by atoms with Crippen molar-refractivity contribution in [3.63, 3.8) is 0 Å². The Hall–Kier alpha value is -1.48. The Morgan fingerprint density at radius 1 is 1.10 bits per heavy atom. The Bertz CT molecular complexity index is 733. The highest BCUT2D eigenvalue weighted by molar-refractivity contribution is 6.33. The van der Waals surface area contributed by atoms with E-state index >= 15 is 0 Å². The van der Waals surface area contributed by atoms with E-state index in [0.29, 0.717) is 10.0 Å². The second-order valence-corrected chi connectivity index (χ2v) is 5.69. The van der Waals surface area contributed by atoms with Crippen LogP contribution in [0.3, 0.4) is 0 Å². The van der Waals surface area contributed by atoms with E-state index in [0.717, 1.165) is 28.8 Å². The van der Waals surface area contributed by atoms with Gasteiger partial charge in [-0.3, -0.25) is 0 Å². The number of halogens is 2. The number of nitrogens with one attached hydrogen (secondary N) is 1. The van der Waals surface area contributed by atoms with Crippen molar-refractivity contribution in [1.29, 1.82) is 0 Å². The fourth-order valence-corrected chi connectivity index (χ4v) is 2.86. The molecule has 3 aromatic rings. The molecule has 1 unspecified atom stereocenters. The number of para-hydroxylation sites is 1. The predicted molar refractivity (Wildman–Crippen MR) is 88.2 cm³/mol. The van der Waals surface area contributed by atoms with Crippen LogP contribution in [0.2, 0.25) is 10.0 Å². The second kappa shape index (κ2) is 6.10. The molecule has 0 aliphatic heterocycles. The highest BCUT2D eigenvalue weighted by Crippen LogP contribution is 2.33. The normalized spacial score (nSPS) is 12.7. The Labute approximate surface area is 133 Å². The van der Waals surface area contributed by atoms with Crippen molar-refractivity contribution in [2.45, 2.75) is 13.0 Å². The summed E-state index contributed by atoms with van der Waals surface area (Å²) in [7, 11) is 0. The average molecular weight is 320 g/mol. The summed E-state index contributed by atoms with van der Waals surface area (Å²) in [5.74, 6) is 0.835. The van der Waals surface area contributed by atoms with Crippen molar-refractivity contribution in [3.05, 3.63) is 69.9 Å². The molecule has 0 fully saturated rings. The van der Waals surface area contributed by atoms with Crippen LogP contribution in [0.5, 0.6) is 0 Å². The van der Waals surface area contributed by atoms with E-state index in [1.165, 1.54) is 0 Å². The predicted octanol–water partition coefficient (Wildman–Crippen LogP) is 5.44. The third-order valence-electron chi connectivity index (χ3n) is 3.41. The van der Waals surface area contributed by atoms with E-state index in [1.54, 1.807) is 6.07 Å². The topological polar surface area (TPSA) is 25.2 Å². The SMILES string of the molecule is CCNC(c1cc2ccccc2o1)c1cc(Cl)ccc1Cl. The van der Waals surface area contributed by atoms with E-state index < -0.39 is 0 Å². The minimum atomic E-state index is -0.117. The molecule has 0 bridgehead atoms. The van der Waals surface area contributed by atoms with Crippen LogP contribution in [-0.2, 0) is 0 Å². The van der Waals surface area contributed by atoms with Crippen molar-refractivity contribution < 1.29 is 4.42 Å². The van der Waals surface area contributed by atoms with Gasteiger partial charge in [-0.15, -0.1) is 0 Å². The molecule has 0 spiro atoms. The summed E-state index contributed by atoms with van der Waals surface area (Å²) in [4.78, 5) is 0. The van der Waals surface area contributed by atoms with Crippen LogP contribution < -0.4 is 5.32 Å². The lowest BCUT2D eigenvalue weighted by molar-refractivity contribution is 0.477. The first-order valence-electron chi connectivity index (χ1n) is 6.86. The molecule has 108 valence electrons. The summed E-state index contributed by atoms with van der Waals surface area (Å²) in [5.41, 5.74) is 1.79. The zero-order valence-electron chi connectivity index (χ0n) is 11.6. The van der Waals surface area contributed by atoms with Gasteiger partial charge < -0.3 is 9.73 Å². The van der Waals surface area contributed by atoms with Gasteiger partial charge in [0.1, 0.15) is 11.3 Å². The van der Waals surface area contributed by atoms with Gasteiger partial charge >= 0.3 is 0 Å². The van der Waals surface area contributed by atoms with Gasteiger partial charge in [0.05, 0.1) is 6.04 Å². The van der Waals surface area contributed by atoms with Crippen LogP contribution in [0, 0.1) is 0 Å². The van der Waals surface area contributed by atoms with Gasteiger partial charge in [-0.25, -0.2) is 0 Å². The van der Waals surface area contributed by atoms with Gasteiger partial charge in [-0.2, -0.15) is 0 Å². The number of furan rings is 1. The molecule has 1 heterocycles. The van der Waals surface area contributed by atoms with Crippen LogP contribution >= 0.6 is 23.2 Å². The molecule has 0 saturated carbocycles. The zero-order valence-corrected chi connectivity index (χ0v) is 13.1. The molecule has 0 saturated heterocycles. The molecule has 3 rings (SSSR count). The highest BCUT2D eigenvalue weighted by atomic mass is 35.5. The molecule has 2 nitrogen and oxygen atoms in total. The van der Waals surface area contributed by atoms with Gasteiger partial charge in [0.2, 0.25) is 0 Å². The van der Waals surface area contributed by atoms with Crippen LogP contribution in [0.25, 0.3) is 11.0 Å². The summed E-state index contributed by atoms with van der Waals surface area (Å²) in [6.45, 7) is 2.85. The third kappa shape index (κ3) is 2.93. The number of rotatable bonds is 4. The Morgan fingerprint density at radius 2 is 1.90 bits per heavy atom. The standard InChI is InChI=1S/C17H15Cl2NO/c1-2-20-17(13-10-12(18)7-8-14(13)19)16-9-11-5-3-4-6-15(11)21-16/h3-10,17,20H,2H2,1H3. The summed E-state index contributed by atoms with van der Waals surface area (Å²) >= 11 is 12.4. The van der Waals surface area contributed by atoms with Crippen LogP contribution in [0.1, 0.15) is 24.3 Å². The molecular formula is C17H15Cl2NO. The molecule has 2 aromatic carbocycles. The smallest absolute Gasteiger partial charge is 0.134 e. The maximum Gasteiger partial charge on any atom is 0.134 e. The number of hydrogen-bond donors (Lipinski definition) is 1. The lowest BCUT2D eigenvalue weighted by atomic mass is 10.0. The molecule has 1 atom stereocenters. The summed E-state index contributed by atoms with van der Waals surface area (Å²) in [6, 6.07) is 15.4. The Balaban J connectivity index is 2.10. The van der Waals surface area contributed by atoms with Crippen molar-refractivity contribution in [1.82, 2.24) is 5.32 Å². The van der Waals surface area contributed by atoms with Gasteiger partial charge in [-0.1, -0.05) is 48.3 Å². The quantitative estimate of drug-likeness (QED) is 0.692. The van der Waals surface area contributed by atoms with Crippen molar-refractivity contribution in [2.75, 3.05) is 6.54 Å². The number of fused-ring (bicyclic) bond motifs is 1. The van der Waals surface area contributed by atoms with E-state index in [2.05, 4.69) is 5.32 Å². The Morgan fingerprint density at radius 3 is 2.67 bits per heavy atom. The summed E-state index contributed by atoms with van der Waals surface area (Å²) < 4.78 is 5.97. The first-order valence-corrected chi connectivity index (χ1v) is 7.61. The molecule has 1 aromatic heterocycles. The minimum Gasteiger partial charge on any atom is -0.459 e. The number of hydrogen-bond acceptors (Lipinski definition) is 2. The van der Waals surface area contributed by atoms with E-state index in [9.17, 15) is 0 Å². The lowest BCUT2D eigenvalue weighted by Gasteiger charge is -2.17. The van der Waals surface area contributed by atoms with Crippen LogP contribution in [0.15, 0.2) is 52.9 Å². The van der Waals surface area contributed by atoms with E-state index in [-0.39, 0.29) is 6.04 Å². The fourth-order valence-electron chi connectivity index (χ4n) is 2.45. The van der Waals surface area contributed by atoms with Crippen molar-refractivity contribution in [3.8, 4) is 0 Å². The van der Waals surface area contributed by atoms with Crippen LogP contribution in [0.4, 0.5) is 0 Å². The first-order chi connectivity index (χ1) is 10.2. The first kappa shape index (κ1) is 14.5. The molecule has 0 aliphatic rings. The molecule has 1 N–H and O–H groups in total. The molecule has 21 heavy (non-hydrogen) atoms. The lowest BCUT2D eigenvalue weighted by Crippen LogP contribution is -2.21. The third-order valence-corrected chi connectivity index (χ3v) is 3.99. The molecule has 0 radical (unpaired) electrons. The van der Waals surface area contributed by atoms with Crippen LogP contribution in [-0.4, -0.2) is 6.54 Å². The zero-order chi connectivity index (χ0) is 14.8. The van der Waals surface area contributed by atoms with Crippen molar-refractivity contribution in [2.24, 2.45) is 0 Å². The maximum atomic E-state index is 6.33. The van der Waals surface area contributed by atoms with E-state index in [1.807, 2.05) is 49.4 Å². The fraction of sp³-hybridized carbons (Fsp3) is 0.176. The van der Waals surface area contributed by atoms with Gasteiger partial charge in [0, 0.05) is 15.4 Å². The molecular weight excluding hydrogens is 305 g/mol. The maximum absolute atomic E-state index is 6.33. The van der Waals surface area contributed by atoms with Gasteiger partial charge in [0.15, 0.2) is 0 Å². The molecule has 4 heteroatoms. The molecule has 0 amide bonds. The van der Waals surface area contributed by atoms with E-state index in [4.69, 9.17) is 27.6 Å². The van der Waals surface area contributed by atoms with Crippen molar-refractivity contribution >= 4 is 34.2 Å². The minimum absolute atomic E-state index is 0.117.